The highest BCUT2D eigenvalue weighted by Gasteiger charge is 2.36. The zero-order valence-corrected chi connectivity index (χ0v) is 38.9. The molecule has 24 heteroatoms. The standard InChI is InChI=1S/C35H24Br2Cl4N6O5S3.O3S/c36-21-14-53-31-17(21)4-6-19-27(44-46(29(19)31)24-8-2-15(38)12-22(24)40)33(48)42-10-1-11-43-34(49)28-20-7-5-18-26(37)35(55(50,51)52)54-32(18)30(20)47(45-28)25-9-3-16(39)13-23(25)41;1-4(2)3/h2-3,8-9,12-14H,1,4-7,10-11H2,(H,42,48)(H,43,49)(H,50,51,52);. The summed E-state index contributed by atoms with van der Waals surface area (Å²) in [5, 5.41) is 18.9. The van der Waals surface area contributed by atoms with Gasteiger partial charge in [-0.3, -0.25) is 14.1 Å². The van der Waals surface area contributed by atoms with E-state index < -0.39 is 26.6 Å². The molecular weight excluding hydrogens is 1060 g/mol. The smallest absolute Gasteiger partial charge is 0.351 e. The Morgan fingerprint density at radius 1 is 0.763 bits per heavy atom. The first kappa shape index (κ1) is 43.9. The van der Waals surface area contributed by atoms with E-state index in [9.17, 15) is 22.6 Å². The summed E-state index contributed by atoms with van der Waals surface area (Å²) in [6.07, 6.45) is 2.53. The number of halogens is 6. The number of nitrogens with zero attached hydrogens (tertiary/aromatic N) is 4. The van der Waals surface area contributed by atoms with Gasteiger partial charge in [0.25, 0.3) is 11.8 Å². The van der Waals surface area contributed by atoms with Gasteiger partial charge in [-0.15, -0.1) is 35.3 Å². The number of amides is 2. The van der Waals surface area contributed by atoms with Gasteiger partial charge >= 0.3 is 20.7 Å². The maximum atomic E-state index is 13.7. The average Bonchev–Trinajstić information content (AvgIpc) is 3.93. The predicted octanol–water partition coefficient (Wildman–Crippen LogP) is 8.64. The molecule has 0 aliphatic heterocycles. The third-order valence-corrected chi connectivity index (χ3v) is 16.4. The van der Waals surface area contributed by atoms with Gasteiger partial charge in [0.2, 0.25) is 0 Å². The van der Waals surface area contributed by atoms with Crippen molar-refractivity contribution in [2.24, 2.45) is 0 Å². The van der Waals surface area contributed by atoms with E-state index in [1.807, 2.05) is 5.38 Å². The molecule has 2 aliphatic carbocycles. The maximum absolute atomic E-state index is 13.7. The highest BCUT2D eigenvalue weighted by atomic mass is 79.9. The molecule has 4 heterocycles. The number of hydrogen-bond acceptors (Lipinski definition) is 11. The normalized spacial score (nSPS) is 12.7. The van der Waals surface area contributed by atoms with Gasteiger partial charge in [0.1, 0.15) is 0 Å². The van der Waals surface area contributed by atoms with Crippen molar-refractivity contribution in [2.45, 2.75) is 36.3 Å². The molecule has 59 heavy (non-hydrogen) atoms. The molecule has 3 N–H and O–H groups in total. The van der Waals surface area contributed by atoms with Crippen molar-refractivity contribution in [1.82, 2.24) is 30.2 Å². The summed E-state index contributed by atoms with van der Waals surface area (Å²) in [5.41, 5.74) is 6.04. The fraction of sp³-hybridized carbons (Fsp3) is 0.200. The van der Waals surface area contributed by atoms with Crippen LogP contribution >= 0.6 is 101 Å². The molecule has 8 rings (SSSR count). The summed E-state index contributed by atoms with van der Waals surface area (Å²) < 4.78 is 63.9. The van der Waals surface area contributed by atoms with E-state index in [0.29, 0.717) is 79.5 Å². The van der Waals surface area contributed by atoms with Crippen molar-refractivity contribution in [2.75, 3.05) is 13.1 Å². The third-order valence-electron chi connectivity index (χ3n) is 9.27. The zero-order chi connectivity index (χ0) is 42.5. The quantitative estimate of drug-likeness (QED) is 0.0930. The number of fused-ring (bicyclic) bond motifs is 6. The fourth-order valence-corrected chi connectivity index (χ4v) is 13.1. The Kier molecular flexibility index (Phi) is 13.2. The molecule has 0 radical (unpaired) electrons. The Hall–Kier alpha value is -3.15. The maximum Gasteiger partial charge on any atom is 0.425 e. The van der Waals surface area contributed by atoms with Crippen LogP contribution in [0.15, 0.2) is 54.9 Å². The van der Waals surface area contributed by atoms with E-state index in [1.54, 1.807) is 52.4 Å². The van der Waals surface area contributed by atoms with Gasteiger partial charge in [0.15, 0.2) is 15.6 Å². The second-order valence-electron chi connectivity index (χ2n) is 12.8. The Balaban J connectivity index is 0.00000126. The summed E-state index contributed by atoms with van der Waals surface area (Å²) in [4.78, 5) is 28.9. The number of benzene rings is 2. The van der Waals surface area contributed by atoms with Crippen LogP contribution in [-0.4, -0.2) is 70.1 Å². The van der Waals surface area contributed by atoms with Crippen LogP contribution in [0.3, 0.4) is 0 Å². The molecule has 0 saturated carbocycles. The van der Waals surface area contributed by atoms with Crippen LogP contribution < -0.4 is 10.6 Å². The Labute approximate surface area is 381 Å². The molecule has 0 saturated heterocycles. The molecule has 6 aromatic rings. The molecule has 308 valence electrons. The Morgan fingerprint density at radius 3 is 1.69 bits per heavy atom. The van der Waals surface area contributed by atoms with Crippen molar-refractivity contribution in [1.29, 1.82) is 0 Å². The lowest BCUT2D eigenvalue weighted by Gasteiger charge is -2.16. The number of hydrogen-bond donors (Lipinski definition) is 3. The molecule has 14 nitrogen and oxygen atoms in total. The lowest BCUT2D eigenvalue weighted by atomic mass is 9.94. The molecule has 0 bridgehead atoms. The topological polar surface area (TPSA) is 199 Å². The zero-order valence-electron chi connectivity index (χ0n) is 29.5. The van der Waals surface area contributed by atoms with Crippen LogP contribution in [0.5, 0.6) is 0 Å². The van der Waals surface area contributed by atoms with E-state index in [2.05, 4.69) is 47.6 Å². The molecule has 0 spiro atoms. The van der Waals surface area contributed by atoms with Gasteiger partial charge in [-0.1, -0.05) is 46.4 Å². The minimum absolute atomic E-state index is 0.145. The first-order valence-corrected chi connectivity index (χ1v) is 24.2. The van der Waals surface area contributed by atoms with Crippen molar-refractivity contribution < 1.29 is 35.2 Å². The predicted molar refractivity (Wildman–Crippen MR) is 233 cm³/mol. The number of aromatic nitrogens is 4. The summed E-state index contributed by atoms with van der Waals surface area (Å²) >= 11 is 35.0. The largest absolute Gasteiger partial charge is 0.425 e. The van der Waals surface area contributed by atoms with Crippen molar-refractivity contribution in [3.8, 4) is 32.5 Å². The van der Waals surface area contributed by atoms with E-state index in [4.69, 9.17) is 64.1 Å². The van der Waals surface area contributed by atoms with Gasteiger partial charge < -0.3 is 10.6 Å². The van der Waals surface area contributed by atoms with Crippen LogP contribution in [0.1, 0.15) is 49.7 Å². The number of rotatable bonds is 9. The second-order valence-corrected chi connectivity index (χ2v) is 20.1. The third kappa shape index (κ3) is 8.81. The highest BCUT2D eigenvalue weighted by Crippen LogP contribution is 2.49. The minimum Gasteiger partial charge on any atom is -0.351 e. The van der Waals surface area contributed by atoms with E-state index in [1.165, 1.54) is 4.68 Å². The lowest BCUT2D eigenvalue weighted by molar-refractivity contribution is 0.0945. The summed E-state index contributed by atoms with van der Waals surface area (Å²) in [7, 11) is -7.64. The average molecular weight is 1090 g/mol. The molecule has 4 aromatic heterocycles. The highest BCUT2D eigenvalue weighted by molar-refractivity contribution is 9.11. The number of carbonyl (C=O) groups excluding carboxylic acids is 2. The van der Waals surface area contributed by atoms with Crippen LogP contribution in [0, 0.1) is 0 Å². The molecule has 0 atom stereocenters. The summed E-state index contributed by atoms with van der Waals surface area (Å²) in [6, 6.07) is 9.98. The van der Waals surface area contributed by atoms with Crippen LogP contribution in [0.4, 0.5) is 0 Å². The number of nitrogens with one attached hydrogen (secondary N) is 2. The first-order chi connectivity index (χ1) is 28.0. The number of carbonyl (C=O) groups is 2. The molecule has 0 unspecified atom stereocenters. The van der Waals surface area contributed by atoms with E-state index >= 15 is 0 Å². The fourth-order valence-electron chi connectivity index (χ4n) is 6.82. The SMILES string of the molecule is O=C(NCCCNC(=O)c1nn(-c2ccc(Cl)cc2Cl)c2c1CCc1c-2sc(S(=O)(=O)O)c1Br)c1nn(-c2ccc(Cl)cc2Cl)c2c1CCc1c(Br)csc1-2.O=S(=O)=O. The van der Waals surface area contributed by atoms with Crippen molar-refractivity contribution in [3.05, 3.63) is 104 Å². The monoisotopic (exact) mass is 1080 g/mol. The van der Waals surface area contributed by atoms with Crippen LogP contribution in [-0.2, 0) is 46.4 Å². The summed E-state index contributed by atoms with van der Waals surface area (Å²) in [5.74, 6) is -0.800. The Morgan fingerprint density at radius 2 is 1.22 bits per heavy atom. The van der Waals surface area contributed by atoms with Gasteiger partial charge in [-0.2, -0.15) is 18.6 Å². The van der Waals surface area contributed by atoms with Crippen LogP contribution in [0.25, 0.3) is 32.5 Å². The van der Waals surface area contributed by atoms with E-state index in [0.717, 1.165) is 43.9 Å². The van der Waals surface area contributed by atoms with Crippen LogP contribution in [0.2, 0.25) is 20.1 Å². The van der Waals surface area contributed by atoms with Gasteiger partial charge in [-0.05, 0) is 111 Å². The molecule has 2 aliphatic rings. The molecular formula is C35H24Br2Cl4N6O8S4. The van der Waals surface area contributed by atoms with Crippen molar-refractivity contribution in [3.63, 3.8) is 0 Å². The number of thiophene rings is 2. The van der Waals surface area contributed by atoms with E-state index in [-0.39, 0.29) is 38.4 Å². The molecule has 2 aromatic carbocycles. The van der Waals surface area contributed by atoms with Crippen molar-refractivity contribution >= 4 is 133 Å². The van der Waals surface area contributed by atoms with Gasteiger partial charge in [0.05, 0.1) is 47.0 Å². The summed E-state index contributed by atoms with van der Waals surface area (Å²) in [6.45, 7) is 0.459. The van der Waals surface area contributed by atoms with Gasteiger partial charge in [0, 0.05) is 44.1 Å². The first-order valence-electron chi connectivity index (χ1n) is 17.0. The second kappa shape index (κ2) is 17.7. The minimum atomic E-state index is -4.53. The Bertz CT molecular complexity index is 2950. The van der Waals surface area contributed by atoms with Gasteiger partial charge in [-0.25, -0.2) is 9.36 Å². The molecule has 0 fully saturated rings. The lowest BCUT2D eigenvalue weighted by Crippen LogP contribution is -2.31. The molecule has 2 amide bonds.